The van der Waals surface area contributed by atoms with Crippen molar-refractivity contribution in [1.29, 1.82) is 0 Å². The summed E-state index contributed by atoms with van der Waals surface area (Å²) < 4.78 is 18.7. The lowest BCUT2D eigenvalue weighted by atomic mass is 10.1. The van der Waals surface area contributed by atoms with Crippen molar-refractivity contribution in [1.82, 2.24) is 10.2 Å². The van der Waals surface area contributed by atoms with Crippen molar-refractivity contribution < 1.29 is 28.9 Å². The molecule has 3 amide bonds. The van der Waals surface area contributed by atoms with Crippen LogP contribution in [0.1, 0.15) is 6.42 Å². The molecule has 0 aliphatic carbocycles. The zero-order chi connectivity index (χ0) is 12.6. The highest BCUT2D eigenvalue weighted by atomic mass is 19.1. The Labute approximate surface area is 96.1 Å². The van der Waals surface area contributed by atoms with E-state index in [4.69, 9.17) is 9.84 Å². The number of nitrogens with zero attached hydrogens (tertiary/aromatic N) is 1. The van der Waals surface area contributed by atoms with Crippen molar-refractivity contribution in [3.63, 3.8) is 0 Å². The lowest BCUT2D eigenvalue weighted by molar-refractivity contribution is -0.124. The summed E-state index contributed by atoms with van der Waals surface area (Å²) in [6.45, 7) is -0.507. The van der Waals surface area contributed by atoms with E-state index in [1.807, 2.05) is 5.32 Å². The molecule has 2 rings (SSSR count). The maximum absolute atomic E-state index is 13.7. The van der Waals surface area contributed by atoms with Gasteiger partial charge in [-0.15, -0.1) is 0 Å². The Balaban J connectivity index is 2.08. The van der Waals surface area contributed by atoms with E-state index in [9.17, 15) is 19.1 Å². The number of nitrogens with one attached hydrogen (secondary N) is 1. The van der Waals surface area contributed by atoms with Gasteiger partial charge in [-0.3, -0.25) is 15.0 Å². The van der Waals surface area contributed by atoms with Gasteiger partial charge in [-0.05, 0) is 0 Å². The van der Waals surface area contributed by atoms with Gasteiger partial charge in [0, 0.05) is 13.0 Å². The maximum atomic E-state index is 13.7. The van der Waals surface area contributed by atoms with E-state index in [1.165, 1.54) is 0 Å². The van der Waals surface area contributed by atoms with Gasteiger partial charge in [0.1, 0.15) is 12.2 Å². The number of carbonyl (C=O) groups is 2. The molecule has 7 nitrogen and oxygen atoms in total. The van der Waals surface area contributed by atoms with Crippen molar-refractivity contribution in [2.24, 2.45) is 0 Å². The van der Waals surface area contributed by atoms with E-state index >= 15 is 0 Å². The van der Waals surface area contributed by atoms with Crippen LogP contribution >= 0.6 is 0 Å². The molecule has 2 aliphatic heterocycles. The first-order valence-corrected chi connectivity index (χ1v) is 5.23. The predicted octanol–water partition coefficient (Wildman–Crippen LogP) is -1.66. The second-order valence-corrected chi connectivity index (χ2v) is 3.98. The summed E-state index contributed by atoms with van der Waals surface area (Å²) in [5.41, 5.74) is 0. The number of halogens is 1. The number of carbonyl (C=O) groups excluding carboxylic acids is 2. The molecule has 0 radical (unpaired) electrons. The summed E-state index contributed by atoms with van der Waals surface area (Å²) >= 11 is 0. The Bertz CT molecular complexity index is 339. The van der Waals surface area contributed by atoms with Crippen LogP contribution in [0, 0.1) is 0 Å². The van der Waals surface area contributed by atoms with Crippen LogP contribution in [0.4, 0.5) is 9.18 Å². The summed E-state index contributed by atoms with van der Waals surface area (Å²) in [6, 6.07) is -0.750. The number of aliphatic hydroxyl groups excluding tert-OH is 2. The number of ether oxygens (including phenoxy) is 1. The Morgan fingerprint density at radius 1 is 1.53 bits per heavy atom. The molecule has 0 bridgehead atoms. The Hall–Kier alpha value is -1.25. The van der Waals surface area contributed by atoms with Gasteiger partial charge in [-0.25, -0.2) is 9.18 Å². The summed E-state index contributed by atoms with van der Waals surface area (Å²) in [4.78, 5) is 23.4. The summed E-state index contributed by atoms with van der Waals surface area (Å²) in [5.74, 6) is -0.432. The molecule has 2 saturated heterocycles. The molecule has 0 aromatic heterocycles. The van der Waals surface area contributed by atoms with Crippen molar-refractivity contribution in [3.8, 4) is 0 Å². The van der Waals surface area contributed by atoms with Gasteiger partial charge >= 0.3 is 6.03 Å². The number of imide groups is 1. The van der Waals surface area contributed by atoms with E-state index < -0.39 is 43.2 Å². The number of aliphatic hydroxyl groups is 2. The van der Waals surface area contributed by atoms with Gasteiger partial charge in [-0.1, -0.05) is 0 Å². The molecule has 2 aliphatic rings. The van der Waals surface area contributed by atoms with Crippen molar-refractivity contribution in [2.45, 2.75) is 31.0 Å². The summed E-state index contributed by atoms with van der Waals surface area (Å²) in [5, 5.41) is 20.3. The minimum atomic E-state index is -1.80. The highest BCUT2D eigenvalue weighted by molar-refractivity contribution is 5.96. The van der Waals surface area contributed by atoms with E-state index in [0.717, 1.165) is 4.90 Å². The lowest BCUT2D eigenvalue weighted by Crippen LogP contribution is -2.55. The Morgan fingerprint density at radius 2 is 2.24 bits per heavy atom. The molecule has 96 valence electrons. The van der Waals surface area contributed by atoms with E-state index in [1.54, 1.807) is 0 Å². The first-order chi connectivity index (χ1) is 8.04. The largest absolute Gasteiger partial charge is 0.394 e. The van der Waals surface area contributed by atoms with Gasteiger partial charge in [0.25, 0.3) is 0 Å². The van der Waals surface area contributed by atoms with Gasteiger partial charge in [-0.2, -0.15) is 0 Å². The van der Waals surface area contributed by atoms with Gasteiger partial charge in [0.05, 0.1) is 6.61 Å². The number of hydrogen-bond acceptors (Lipinski definition) is 5. The fourth-order valence-electron chi connectivity index (χ4n) is 1.92. The van der Waals surface area contributed by atoms with Crippen LogP contribution in [-0.2, 0) is 9.53 Å². The van der Waals surface area contributed by atoms with Crippen LogP contribution in [0.5, 0.6) is 0 Å². The van der Waals surface area contributed by atoms with E-state index in [-0.39, 0.29) is 13.0 Å². The van der Waals surface area contributed by atoms with Gasteiger partial charge in [0.15, 0.2) is 12.4 Å². The molecular formula is C9H13FN2O5. The second kappa shape index (κ2) is 4.55. The molecule has 1 unspecified atom stereocenters. The number of urea groups is 1. The monoisotopic (exact) mass is 248 g/mol. The highest BCUT2D eigenvalue weighted by Crippen LogP contribution is 2.27. The molecule has 0 aromatic rings. The van der Waals surface area contributed by atoms with E-state index in [2.05, 4.69) is 0 Å². The third-order valence-electron chi connectivity index (χ3n) is 2.87. The van der Waals surface area contributed by atoms with Gasteiger partial charge in [0.2, 0.25) is 5.91 Å². The predicted molar refractivity (Wildman–Crippen MR) is 51.5 cm³/mol. The van der Waals surface area contributed by atoms with Crippen LogP contribution in [0.25, 0.3) is 0 Å². The highest BCUT2D eigenvalue weighted by Gasteiger charge is 2.48. The topological polar surface area (TPSA) is 99.1 Å². The molecule has 4 atom stereocenters. The van der Waals surface area contributed by atoms with Crippen molar-refractivity contribution >= 4 is 11.9 Å². The number of hydrogen-bond donors (Lipinski definition) is 3. The minimum absolute atomic E-state index is 0.0284. The number of alkyl halides is 1. The number of rotatable bonds is 2. The minimum Gasteiger partial charge on any atom is -0.394 e. The molecule has 3 N–H and O–H groups in total. The van der Waals surface area contributed by atoms with Gasteiger partial charge < -0.3 is 14.9 Å². The van der Waals surface area contributed by atoms with Crippen LogP contribution in [0.15, 0.2) is 0 Å². The quantitative estimate of drug-likeness (QED) is 0.543. The average Bonchev–Trinajstić information content (AvgIpc) is 2.57. The maximum Gasteiger partial charge on any atom is 0.326 e. The van der Waals surface area contributed by atoms with Crippen LogP contribution in [-0.4, -0.2) is 64.8 Å². The average molecular weight is 248 g/mol. The first-order valence-electron chi connectivity index (χ1n) is 5.23. The summed E-state index contributed by atoms with van der Waals surface area (Å²) in [7, 11) is 0. The van der Waals surface area contributed by atoms with Crippen molar-refractivity contribution in [3.05, 3.63) is 0 Å². The Morgan fingerprint density at radius 3 is 2.76 bits per heavy atom. The number of amides is 3. The van der Waals surface area contributed by atoms with Crippen molar-refractivity contribution in [2.75, 3.05) is 13.2 Å². The third-order valence-corrected chi connectivity index (χ3v) is 2.87. The molecule has 0 spiro atoms. The normalized spacial score (nSPS) is 38.4. The standard InChI is InChI=1S/C9H13FN2O5/c10-6-7(15)4(3-13)17-8(6)12-2-1-5(14)11-9(12)16/h4,6-8,13,15H,1-3H2,(H,11,14,16)/t4-,6+,7?,8-/m1/s1. The first kappa shape index (κ1) is 12.2. The fraction of sp³-hybridized carbons (Fsp3) is 0.778. The SMILES string of the molecule is O=C1CCN([C@@H]2O[C@H](CO)C(O)[C@@H]2F)C(=O)N1. The fourth-order valence-corrected chi connectivity index (χ4v) is 1.92. The molecule has 2 fully saturated rings. The summed E-state index contributed by atoms with van der Waals surface area (Å²) in [6.07, 6.45) is -5.55. The van der Waals surface area contributed by atoms with Crippen LogP contribution in [0.2, 0.25) is 0 Å². The molecule has 0 saturated carbocycles. The zero-order valence-corrected chi connectivity index (χ0v) is 8.88. The van der Waals surface area contributed by atoms with Crippen LogP contribution < -0.4 is 5.32 Å². The van der Waals surface area contributed by atoms with Crippen LogP contribution in [0.3, 0.4) is 0 Å². The Kier molecular flexibility index (Phi) is 3.27. The molecule has 17 heavy (non-hydrogen) atoms. The molecular weight excluding hydrogens is 235 g/mol. The second-order valence-electron chi connectivity index (χ2n) is 3.98. The molecule has 8 heteroatoms. The molecule has 2 heterocycles. The smallest absolute Gasteiger partial charge is 0.326 e. The third kappa shape index (κ3) is 2.11. The lowest BCUT2D eigenvalue weighted by Gasteiger charge is -2.32. The molecule has 0 aromatic carbocycles. The van der Waals surface area contributed by atoms with E-state index in [0.29, 0.717) is 0 Å². The zero-order valence-electron chi connectivity index (χ0n) is 8.88.